The summed E-state index contributed by atoms with van der Waals surface area (Å²) >= 11 is 13.1. The van der Waals surface area contributed by atoms with E-state index in [0.29, 0.717) is 26.8 Å². The summed E-state index contributed by atoms with van der Waals surface area (Å²) in [5, 5.41) is 11.5. The third-order valence-corrected chi connectivity index (χ3v) is 4.76. The van der Waals surface area contributed by atoms with Gasteiger partial charge in [-0.3, -0.25) is 4.79 Å². The Morgan fingerprint density at radius 3 is 2.68 bits per heavy atom. The highest BCUT2D eigenvalue weighted by Crippen LogP contribution is 2.29. The molecule has 5 nitrogen and oxygen atoms in total. The molecule has 0 aliphatic rings. The molecule has 0 saturated carbocycles. The molecule has 0 saturated heterocycles. The van der Waals surface area contributed by atoms with E-state index in [1.165, 1.54) is 11.8 Å². The summed E-state index contributed by atoms with van der Waals surface area (Å²) < 4.78 is 5.60. The number of anilines is 1. The molecule has 0 fully saturated rings. The number of carbonyl (C=O) groups excluding carboxylic acids is 1. The standard InChI is InChI=1S/C17H13Cl2N3O2S/c1-10(15(23)20-14-9-12(18)7-8-13(14)19)25-17-22-21-16(24-17)11-5-3-2-4-6-11/h2-10H,1H3,(H,20,23). The molecule has 3 aromatic rings. The van der Waals surface area contributed by atoms with Gasteiger partial charge in [0.25, 0.3) is 5.22 Å². The van der Waals surface area contributed by atoms with Crippen molar-refractivity contribution in [1.82, 2.24) is 10.2 Å². The van der Waals surface area contributed by atoms with Gasteiger partial charge in [-0.15, -0.1) is 10.2 Å². The van der Waals surface area contributed by atoms with Crippen LogP contribution in [-0.4, -0.2) is 21.4 Å². The molecule has 25 heavy (non-hydrogen) atoms. The molecule has 128 valence electrons. The lowest BCUT2D eigenvalue weighted by molar-refractivity contribution is -0.115. The Balaban J connectivity index is 1.66. The molecule has 1 unspecified atom stereocenters. The lowest BCUT2D eigenvalue weighted by Gasteiger charge is -2.11. The predicted octanol–water partition coefficient (Wildman–Crippen LogP) is 5.16. The molecular weight excluding hydrogens is 381 g/mol. The van der Waals surface area contributed by atoms with Crippen LogP contribution in [0.5, 0.6) is 0 Å². The van der Waals surface area contributed by atoms with Crippen LogP contribution in [-0.2, 0) is 4.79 Å². The Bertz CT molecular complexity index is 887. The lowest BCUT2D eigenvalue weighted by atomic mass is 10.2. The number of amides is 1. The number of hydrogen-bond acceptors (Lipinski definition) is 5. The summed E-state index contributed by atoms with van der Waals surface area (Å²) in [5.74, 6) is 0.169. The molecular formula is C17H13Cl2N3O2S. The number of benzene rings is 2. The second-order valence-corrected chi connectivity index (χ2v) is 7.25. The van der Waals surface area contributed by atoms with Crippen LogP contribution in [0.1, 0.15) is 6.92 Å². The van der Waals surface area contributed by atoms with Crippen molar-refractivity contribution in [2.75, 3.05) is 5.32 Å². The second kappa shape index (κ2) is 7.91. The molecule has 0 radical (unpaired) electrons. The number of nitrogens with one attached hydrogen (secondary N) is 1. The zero-order chi connectivity index (χ0) is 17.8. The lowest BCUT2D eigenvalue weighted by Crippen LogP contribution is -2.22. The molecule has 3 rings (SSSR count). The van der Waals surface area contributed by atoms with E-state index in [-0.39, 0.29) is 5.91 Å². The zero-order valence-corrected chi connectivity index (χ0v) is 15.4. The van der Waals surface area contributed by atoms with Gasteiger partial charge in [0.15, 0.2) is 0 Å². The van der Waals surface area contributed by atoms with E-state index < -0.39 is 5.25 Å². The van der Waals surface area contributed by atoms with E-state index in [0.717, 1.165) is 5.56 Å². The van der Waals surface area contributed by atoms with Gasteiger partial charge in [0.1, 0.15) is 0 Å². The van der Waals surface area contributed by atoms with Crippen LogP contribution in [0, 0.1) is 0 Å². The van der Waals surface area contributed by atoms with Crippen LogP contribution in [0.25, 0.3) is 11.5 Å². The molecule has 1 aromatic heterocycles. The van der Waals surface area contributed by atoms with Crippen molar-refractivity contribution in [2.45, 2.75) is 17.4 Å². The fourth-order valence-electron chi connectivity index (χ4n) is 1.99. The number of rotatable bonds is 5. The van der Waals surface area contributed by atoms with Gasteiger partial charge in [-0.05, 0) is 37.3 Å². The molecule has 1 atom stereocenters. The minimum Gasteiger partial charge on any atom is -0.411 e. The number of aromatic nitrogens is 2. The minimum absolute atomic E-state index is 0.242. The smallest absolute Gasteiger partial charge is 0.277 e. The molecule has 1 heterocycles. The molecule has 8 heteroatoms. The largest absolute Gasteiger partial charge is 0.411 e. The van der Waals surface area contributed by atoms with Crippen LogP contribution < -0.4 is 5.32 Å². The first-order valence-corrected chi connectivity index (χ1v) is 8.98. The summed E-state index contributed by atoms with van der Waals surface area (Å²) in [5.41, 5.74) is 1.28. The van der Waals surface area contributed by atoms with E-state index >= 15 is 0 Å². The van der Waals surface area contributed by atoms with Gasteiger partial charge >= 0.3 is 0 Å². The Labute approximate surface area is 158 Å². The van der Waals surface area contributed by atoms with Crippen molar-refractivity contribution in [3.63, 3.8) is 0 Å². The minimum atomic E-state index is -0.459. The normalized spacial score (nSPS) is 12.0. The molecule has 0 bridgehead atoms. The van der Waals surface area contributed by atoms with Crippen molar-refractivity contribution in [1.29, 1.82) is 0 Å². The van der Waals surface area contributed by atoms with Crippen LogP contribution >= 0.6 is 35.0 Å². The molecule has 0 spiro atoms. The summed E-state index contributed by atoms with van der Waals surface area (Å²) in [6.45, 7) is 1.74. The fraction of sp³-hybridized carbons (Fsp3) is 0.118. The maximum atomic E-state index is 12.3. The summed E-state index contributed by atoms with van der Waals surface area (Å²) in [6.07, 6.45) is 0. The molecule has 1 amide bonds. The van der Waals surface area contributed by atoms with Crippen LogP contribution in [0.4, 0.5) is 5.69 Å². The Morgan fingerprint density at radius 2 is 1.92 bits per heavy atom. The Kier molecular flexibility index (Phi) is 5.63. The number of halogens is 2. The van der Waals surface area contributed by atoms with Crippen molar-refractivity contribution in [3.05, 3.63) is 58.6 Å². The summed E-state index contributed by atoms with van der Waals surface area (Å²) in [6, 6.07) is 14.3. The van der Waals surface area contributed by atoms with E-state index in [1.807, 2.05) is 30.3 Å². The first kappa shape index (κ1) is 17.8. The van der Waals surface area contributed by atoms with Crippen LogP contribution in [0.2, 0.25) is 10.0 Å². The predicted molar refractivity (Wildman–Crippen MR) is 100 cm³/mol. The maximum absolute atomic E-state index is 12.3. The molecule has 0 aliphatic carbocycles. The first-order chi connectivity index (χ1) is 12.0. The quantitative estimate of drug-likeness (QED) is 0.606. The van der Waals surface area contributed by atoms with Crippen molar-refractivity contribution >= 4 is 46.6 Å². The molecule has 1 N–H and O–H groups in total. The number of thioether (sulfide) groups is 1. The third-order valence-electron chi connectivity index (χ3n) is 3.26. The van der Waals surface area contributed by atoms with E-state index in [2.05, 4.69) is 15.5 Å². The van der Waals surface area contributed by atoms with Gasteiger partial charge in [0.2, 0.25) is 11.8 Å². The maximum Gasteiger partial charge on any atom is 0.277 e. The van der Waals surface area contributed by atoms with Crippen LogP contribution in [0.3, 0.4) is 0 Å². The second-order valence-electron chi connectivity index (χ2n) is 5.11. The first-order valence-electron chi connectivity index (χ1n) is 7.34. The number of nitrogens with zero attached hydrogens (tertiary/aromatic N) is 2. The van der Waals surface area contributed by atoms with E-state index in [1.54, 1.807) is 25.1 Å². The highest BCUT2D eigenvalue weighted by molar-refractivity contribution is 8.00. The molecule has 0 aliphatic heterocycles. The van der Waals surface area contributed by atoms with E-state index in [9.17, 15) is 4.79 Å². The Morgan fingerprint density at radius 1 is 1.16 bits per heavy atom. The monoisotopic (exact) mass is 393 g/mol. The van der Waals surface area contributed by atoms with Crippen molar-refractivity contribution in [2.24, 2.45) is 0 Å². The fourth-order valence-corrected chi connectivity index (χ4v) is 3.01. The van der Waals surface area contributed by atoms with Gasteiger partial charge in [0, 0.05) is 10.6 Å². The number of carbonyl (C=O) groups is 1. The third kappa shape index (κ3) is 4.54. The van der Waals surface area contributed by atoms with Gasteiger partial charge < -0.3 is 9.73 Å². The molecule has 2 aromatic carbocycles. The van der Waals surface area contributed by atoms with Gasteiger partial charge in [-0.25, -0.2) is 0 Å². The number of hydrogen-bond donors (Lipinski definition) is 1. The topological polar surface area (TPSA) is 68.0 Å². The summed E-state index contributed by atoms with van der Waals surface area (Å²) in [4.78, 5) is 12.3. The van der Waals surface area contributed by atoms with E-state index in [4.69, 9.17) is 27.6 Å². The Hall–Kier alpha value is -2.02. The van der Waals surface area contributed by atoms with Crippen LogP contribution in [0.15, 0.2) is 58.2 Å². The van der Waals surface area contributed by atoms with Gasteiger partial charge in [-0.1, -0.05) is 53.2 Å². The highest BCUT2D eigenvalue weighted by atomic mass is 35.5. The average molecular weight is 394 g/mol. The van der Waals surface area contributed by atoms with Gasteiger partial charge in [0.05, 0.1) is 16.0 Å². The SMILES string of the molecule is CC(Sc1nnc(-c2ccccc2)o1)C(=O)Nc1cc(Cl)ccc1Cl. The van der Waals surface area contributed by atoms with Crippen molar-refractivity contribution in [3.8, 4) is 11.5 Å². The average Bonchev–Trinajstić information content (AvgIpc) is 3.07. The van der Waals surface area contributed by atoms with Gasteiger partial charge in [-0.2, -0.15) is 0 Å². The summed E-state index contributed by atoms with van der Waals surface area (Å²) in [7, 11) is 0. The highest BCUT2D eigenvalue weighted by Gasteiger charge is 2.19. The zero-order valence-electron chi connectivity index (χ0n) is 13.1. The van der Waals surface area contributed by atoms with Crippen molar-refractivity contribution < 1.29 is 9.21 Å².